The molecule has 0 nitrogen and oxygen atoms in total. The van der Waals surface area contributed by atoms with Gasteiger partial charge in [0.1, 0.15) is 0 Å². The first-order valence-electron chi connectivity index (χ1n) is 14.5. The zero-order chi connectivity index (χ0) is 28.3. The molecule has 0 N–H and O–H groups in total. The second kappa shape index (κ2) is 12.0. The van der Waals surface area contributed by atoms with E-state index in [0.717, 1.165) is 6.42 Å². The van der Waals surface area contributed by atoms with Crippen molar-refractivity contribution in [3.8, 4) is 0 Å². The Kier molecular flexibility index (Phi) is 7.68. The van der Waals surface area contributed by atoms with Gasteiger partial charge in [-0.1, -0.05) is 164 Å². The van der Waals surface area contributed by atoms with E-state index in [-0.39, 0.29) is 0 Å². The fourth-order valence-corrected chi connectivity index (χ4v) is 10.4. The first-order chi connectivity index (χ1) is 20.8. The van der Waals surface area contributed by atoms with Crippen LogP contribution in [0.1, 0.15) is 11.1 Å². The van der Waals surface area contributed by atoms with Gasteiger partial charge in [0.15, 0.2) is 0 Å². The second-order valence-electron chi connectivity index (χ2n) is 10.6. The van der Waals surface area contributed by atoms with E-state index in [1.807, 2.05) is 0 Å². The molecule has 1 unspecified atom stereocenters. The summed E-state index contributed by atoms with van der Waals surface area (Å²) in [6.07, 6.45) is 0.894. The molecule has 0 fully saturated rings. The normalized spacial score (nSPS) is 12.1. The quantitative estimate of drug-likeness (QED) is 0.168. The van der Waals surface area contributed by atoms with Crippen LogP contribution in [0, 0.1) is 0 Å². The molecule has 0 saturated carbocycles. The van der Waals surface area contributed by atoms with Crippen LogP contribution < -0.4 is 26.5 Å². The Labute approximate surface area is 251 Å². The van der Waals surface area contributed by atoms with Gasteiger partial charge < -0.3 is 0 Å². The number of fused-ring (bicyclic) bond motifs is 2. The molecule has 202 valence electrons. The van der Waals surface area contributed by atoms with E-state index in [1.54, 1.807) is 0 Å². The van der Waals surface area contributed by atoms with E-state index in [2.05, 4.69) is 170 Å². The van der Waals surface area contributed by atoms with E-state index >= 15 is 0 Å². The van der Waals surface area contributed by atoms with Gasteiger partial charge in [-0.15, -0.1) is 0 Å². The van der Waals surface area contributed by atoms with Crippen molar-refractivity contribution in [3.63, 3.8) is 0 Å². The van der Waals surface area contributed by atoms with Crippen LogP contribution in [-0.2, 0) is 6.42 Å². The highest BCUT2D eigenvalue weighted by atomic mass is 31.1. The summed E-state index contributed by atoms with van der Waals surface area (Å²) in [7, 11) is -1.25. The molecule has 42 heavy (non-hydrogen) atoms. The second-order valence-corrected chi connectivity index (χ2v) is 14.9. The van der Waals surface area contributed by atoms with Gasteiger partial charge in [0.05, 0.1) is 0 Å². The molecule has 0 radical (unpaired) electrons. The van der Waals surface area contributed by atoms with E-state index in [4.69, 9.17) is 0 Å². The van der Waals surface area contributed by atoms with Crippen LogP contribution in [0.15, 0.2) is 164 Å². The summed E-state index contributed by atoms with van der Waals surface area (Å²) in [4.78, 5) is 0. The zero-order valence-corrected chi connectivity index (χ0v) is 25.5. The van der Waals surface area contributed by atoms with Crippen LogP contribution in [0.5, 0.6) is 0 Å². The largest absolute Gasteiger partial charge is 0.0622 e. The van der Waals surface area contributed by atoms with E-state index < -0.39 is 15.8 Å². The maximum absolute atomic E-state index is 2.42. The highest BCUT2D eigenvalue weighted by Crippen LogP contribution is 2.39. The Hall–Kier alpha value is -4.08. The van der Waals surface area contributed by atoms with Crippen molar-refractivity contribution in [2.45, 2.75) is 6.42 Å². The van der Waals surface area contributed by atoms with Crippen molar-refractivity contribution < 1.29 is 0 Å². The van der Waals surface area contributed by atoms with Gasteiger partial charge in [-0.25, -0.2) is 0 Å². The summed E-state index contributed by atoms with van der Waals surface area (Å²) < 4.78 is 0. The lowest BCUT2D eigenvalue weighted by Crippen LogP contribution is -2.25. The van der Waals surface area contributed by atoms with E-state index in [1.165, 1.54) is 59.2 Å². The summed E-state index contributed by atoms with van der Waals surface area (Å²) in [5, 5.41) is 12.4. The zero-order valence-electron chi connectivity index (χ0n) is 23.7. The van der Waals surface area contributed by atoms with E-state index in [9.17, 15) is 0 Å². The first kappa shape index (κ1) is 26.8. The van der Waals surface area contributed by atoms with E-state index in [0.29, 0.717) is 0 Å². The maximum atomic E-state index is 2.42. The monoisotopic (exact) mass is 574 g/mol. The molecule has 0 aromatic heterocycles. The van der Waals surface area contributed by atoms with Gasteiger partial charge in [0.2, 0.25) is 0 Å². The van der Waals surface area contributed by atoms with Crippen molar-refractivity contribution in [1.82, 2.24) is 0 Å². The Morgan fingerprint density at radius 2 is 0.786 bits per heavy atom. The van der Waals surface area contributed by atoms with Gasteiger partial charge in [-0.05, 0) is 88.1 Å². The molecule has 1 atom stereocenters. The highest BCUT2D eigenvalue weighted by molar-refractivity contribution is 7.80. The Balaban J connectivity index is 1.49. The Bertz CT molecular complexity index is 1930. The van der Waals surface area contributed by atoms with Crippen molar-refractivity contribution in [1.29, 1.82) is 0 Å². The molecule has 0 bridgehead atoms. The third kappa shape index (κ3) is 5.18. The van der Waals surface area contributed by atoms with Gasteiger partial charge >= 0.3 is 0 Å². The molecule has 0 aliphatic rings. The lowest BCUT2D eigenvalue weighted by Gasteiger charge is -2.25. The third-order valence-electron chi connectivity index (χ3n) is 8.16. The standard InChI is InChI=1S/C40H32P2/c1-41(32-17-5-2-6-18-32)39-27-25-30-15-11-13-23-35(30)37(39)29-38-36-24-14-12-16-31(36)26-28-40(38)42(33-19-7-3-8-20-33)34-21-9-4-10-22-34/h2-28H,29H2,1H3. The SMILES string of the molecule is CP(c1ccccc1)c1ccc2ccccc2c1Cc1c(P(c2ccccc2)c2ccccc2)ccc2ccccc12. The lowest BCUT2D eigenvalue weighted by molar-refractivity contribution is 1.27. The molecule has 0 aliphatic carbocycles. The predicted molar refractivity (Wildman–Crippen MR) is 188 cm³/mol. The van der Waals surface area contributed by atoms with Gasteiger partial charge in [0.25, 0.3) is 0 Å². The molecule has 0 amide bonds. The molecule has 7 aromatic rings. The average Bonchev–Trinajstić information content (AvgIpc) is 3.07. The predicted octanol–water partition coefficient (Wildman–Crippen LogP) is 8.40. The molecule has 0 aliphatic heterocycles. The summed E-state index contributed by atoms with van der Waals surface area (Å²) in [5.74, 6) is 0. The van der Waals surface area contributed by atoms with Crippen molar-refractivity contribution in [2.75, 3.05) is 6.66 Å². The summed E-state index contributed by atoms with van der Waals surface area (Å²) in [6, 6.07) is 60.6. The summed E-state index contributed by atoms with van der Waals surface area (Å²) in [6.45, 7) is 2.42. The van der Waals surface area contributed by atoms with Gasteiger partial charge in [-0.3, -0.25) is 0 Å². The molecular formula is C40H32P2. The molecule has 0 spiro atoms. The number of hydrogen-bond donors (Lipinski definition) is 0. The molecule has 7 rings (SSSR count). The van der Waals surface area contributed by atoms with Crippen LogP contribution in [0.3, 0.4) is 0 Å². The minimum absolute atomic E-state index is 0.512. The summed E-state index contributed by atoms with van der Waals surface area (Å²) in [5.41, 5.74) is 2.90. The van der Waals surface area contributed by atoms with Crippen molar-refractivity contribution in [2.24, 2.45) is 0 Å². The minimum Gasteiger partial charge on any atom is -0.0622 e. The molecule has 2 heteroatoms. The van der Waals surface area contributed by atoms with Gasteiger partial charge in [-0.2, -0.15) is 0 Å². The van der Waals surface area contributed by atoms with Crippen molar-refractivity contribution >= 4 is 63.9 Å². The maximum Gasteiger partial charge on any atom is -0.0000422 e. The van der Waals surface area contributed by atoms with Crippen LogP contribution in [-0.4, -0.2) is 6.66 Å². The third-order valence-corrected chi connectivity index (χ3v) is 12.9. The number of rotatable bonds is 7. The van der Waals surface area contributed by atoms with Crippen LogP contribution >= 0.6 is 15.8 Å². The fourth-order valence-electron chi connectivity index (χ4n) is 6.09. The lowest BCUT2D eigenvalue weighted by atomic mass is 9.95. The first-order valence-corrected chi connectivity index (χ1v) is 17.6. The fraction of sp³-hybridized carbons (Fsp3) is 0.0500. The summed E-state index contributed by atoms with van der Waals surface area (Å²) >= 11 is 0. The molecule has 7 aromatic carbocycles. The smallest absolute Gasteiger partial charge is 0.0000422 e. The van der Waals surface area contributed by atoms with Crippen LogP contribution in [0.2, 0.25) is 0 Å². The van der Waals surface area contributed by atoms with Crippen LogP contribution in [0.4, 0.5) is 0 Å². The molecule has 0 saturated heterocycles. The topological polar surface area (TPSA) is 0 Å². The minimum atomic E-state index is -0.743. The van der Waals surface area contributed by atoms with Gasteiger partial charge in [0, 0.05) is 0 Å². The Morgan fingerprint density at radius 1 is 0.381 bits per heavy atom. The van der Waals surface area contributed by atoms with Crippen LogP contribution in [0.25, 0.3) is 21.5 Å². The highest BCUT2D eigenvalue weighted by Gasteiger charge is 2.23. The average molecular weight is 575 g/mol. The number of benzene rings is 7. The number of hydrogen-bond acceptors (Lipinski definition) is 0. The molecule has 0 heterocycles. The molecular weight excluding hydrogens is 542 g/mol. The van der Waals surface area contributed by atoms with Crippen molar-refractivity contribution in [3.05, 3.63) is 175 Å². The Morgan fingerprint density at radius 3 is 1.31 bits per heavy atom.